The van der Waals surface area contributed by atoms with Gasteiger partial charge in [-0.15, -0.1) is 0 Å². The van der Waals surface area contributed by atoms with Gasteiger partial charge in [0.1, 0.15) is 11.4 Å². The van der Waals surface area contributed by atoms with Crippen LogP contribution in [0.4, 0.5) is 5.69 Å². The van der Waals surface area contributed by atoms with Crippen LogP contribution in [0, 0.1) is 0 Å². The van der Waals surface area contributed by atoms with Crippen LogP contribution in [0.1, 0.15) is 25.0 Å². The Morgan fingerprint density at radius 2 is 1.97 bits per heavy atom. The molecule has 3 aromatic rings. The molecule has 1 aliphatic carbocycles. The Labute approximate surface area is 174 Å². The first-order valence-corrected chi connectivity index (χ1v) is 9.71. The van der Waals surface area contributed by atoms with Gasteiger partial charge in [-0.1, -0.05) is 29.4 Å². The van der Waals surface area contributed by atoms with Gasteiger partial charge in [0, 0.05) is 23.6 Å². The van der Waals surface area contributed by atoms with E-state index in [4.69, 9.17) is 14.0 Å². The lowest BCUT2D eigenvalue weighted by Crippen LogP contribution is -2.29. The number of benzene rings is 2. The van der Waals surface area contributed by atoms with Crippen LogP contribution in [0.25, 0.3) is 22.6 Å². The van der Waals surface area contributed by atoms with Crippen LogP contribution in [0.15, 0.2) is 47.0 Å². The number of nitrogens with one attached hydrogen (secondary N) is 1. The van der Waals surface area contributed by atoms with Crippen molar-refractivity contribution in [3.63, 3.8) is 0 Å². The molecule has 4 rings (SSSR count). The Morgan fingerprint density at radius 1 is 1.17 bits per heavy atom. The molecule has 2 aromatic carbocycles. The fourth-order valence-corrected chi connectivity index (χ4v) is 3.69. The predicted octanol–water partition coefficient (Wildman–Crippen LogP) is 4.01. The Morgan fingerprint density at radius 3 is 2.73 bits per heavy atom. The number of esters is 1. The highest BCUT2D eigenvalue weighted by Gasteiger charge is 2.25. The number of methoxy groups -OCH3 is 1. The molecule has 0 aliphatic heterocycles. The van der Waals surface area contributed by atoms with Crippen LogP contribution >= 0.6 is 0 Å². The summed E-state index contributed by atoms with van der Waals surface area (Å²) in [6.45, 7) is 2.77. The summed E-state index contributed by atoms with van der Waals surface area (Å²) in [6.07, 6.45) is 0.810. The number of aromatic nitrogens is 1. The first-order valence-electron chi connectivity index (χ1n) is 9.71. The minimum atomic E-state index is -0.926. The Kier molecular flexibility index (Phi) is 5.27. The second kappa shape index (κ2) is 8.02. The molecule has 1 aliphatic rings. The minimum absolute atomic E-state index is 0.450. The number of hydrogen-bond acceptors (Lipinski definition) is 6. The molecule has 0 bridgehead atoms. The van der Waals surface area contributed by atoms with E-state index in [9.17, 15) is 9.59 Å². The van der Waals surface area contributed by atoms with Crippen LogP contribution in [0.5, 0.6) is 5.75 Å². The number of aryl methyl sites for hydroxylation is 1. The molecule has 0 saturated heterocycles. The standard InChI is InChI=1S/C23H22N2O5/c1-13(29-14(2)26)23(27)24-19-12-16(9-11-20(19)28-3)22-18-10-8-15-6-4-5-7-17(15)21(18)25-30-22/h4-7,9,11-13H,8,10H2,1-3H3,(H,24,27)/t13-/m0/s1. The highest BCUT2D eigenvalue weighted by Crippen LogP contribution is 2.40. The summed E-state index contributed by atoms with van der Waals surface area (Å²) in [4.78, 5) is 23.5. The second-order valence-electron chi connectivity index (χ2n) is 7.15. The highest BCUT2D eigenvalue weighted by molar-refractivity contribution is 5.97. The average molecular weight is 406 g/mol. The molecule has 7 nitrogen and oxygen atoms in total. The molecule has 0 saturated carbocycles. The lowest BCUT2D eigenvalue weighted by atomic mass is 9.88. The van der Waals surface area contributed by atoms with E-state index in [0.717, 1.165) is 35.2 Å². The summed E-state index contributed by atoms with van der Waals surface area (Å²) in [5.74, 6) is 0.188. The maximum atomic E-state index is 12.4. The third-order valence-electron chi connectivity index (χ3n) is 5.14. The third kappa shape index (κ3) is 3.66. The van der Waals surface area contributed by atoms with Crippen LogP contribution in [0.2, 0.25) is 0 Å². The van der Waals surface area contributed by atoms with Gasteiger partial charge in [0.2, 0.25) is 0 Å². The molecule has 0 radical (unpaired) electrons. The van der Waals surface area contributed by atoms with E-state index in [-0.39, 0.29) is 0 Å². The summed E-state index contributed by atoms with van der Waals surface area (Å²) < 4.78 is 16.0. The van der Waals surface area contributed by atoms with E-state index < -0.39 is 18.0 Å². The number of anilines is 1. The van der Waals surface area contributed by atoms with Crippen molar-refractivity contribution in [2.45, 2.75) is 32.8 Å². The molecule has 1 heterocycles. The quantitative estimate of drug-likeness (QED) is 0.644. The fraction of sp³-hybridized carbons (Fsp3) is 0.261. The van der Waals surface area contributed by atoms with Crippen LogP contribution < -0.4 is 10.1 Å². The largest absolute Gasteiger partial charge is 0.495 e. The minimum Gasteiger partial charge on any atom is -0.495 e. The van der Waals surface area contributed by atoms with Gasteiger partial charge in [0.15, 0.2) is 11.9 Å². The van der Waals surface area contributed by atoms with Gasteiger partial charge in [-0.2, -0.15) is 0 Å². The summed E-state index contributed by atoms with van der Waals surface area (Å²) in [7, 11) is 1.52. The number of amides is 1. The van der Waals surface area contributed by atoms with Gasteiger partial charge < -0.3 is 19.3 Å². The number of nitrogens with zero attached hydrogens (tertiary/aromatic N) is 1. The average Bonchev–Trinajstić information content (AvgIpc) is 3.18. The van der Waals surface area contributed by atoms with Crippen molar-refractivity contribution >= 4 is 17.6 Å². The summed E-state index contributed by atoms with van der Waals surface area (Å²) in [6, 6.07) is 13.6. The molecule has 1 atom stereocenters. The number of hydrogen-bond donors (Lipinski definition) is 1. The van der Waals surface area contributed by atoms with E-state index in [2.05, 4.69) is 22.6 Å². The number of fused-ring (bicyclic) bond motifs is 3. The molecule has 154 valence electrons. The number of ether oxygens (including phenoxy) is 2. The molecule has 0 fully saturated rings. The van der Waals surface area contributed by atoms with E-state index in [1.54, 1.807) is 12.1 Å². The normalized spacial score (nSPS) is 13.0. The Balaban J connectivity index is 1.67. The third-order valence-corrected chi connectivity index (χ3v) is 5.14. The predicted molar refractivity (Wildman–Crippen MR) is 111 cm³/mol. The van der Waals surface area contributed by atoms with Crippen molar-refractivity contribution in [3.05, 3.63) is 53.6 Å². The Bertz CT molecular complexity index is 1120. The maximum Gasteiger partial charge on any atom is 0.303 e. The molecular formula is C23H22N2O5. The fourth-order valence-electron chi connectivity index (χ4n) is 3.69. The van der Waals surface area contributed by atoms with Gasteiger partial charge in [0.25, 0.3) is 5.91 Å². The van der Waals surface area contributed by atoms with E-state index >= 15 is 0 Å². The molecule has 1 amide bonds. The van der Waals surface area contributed by atoms with Crippen molar-refractivity contribution in [2.75, 3.05) is 12.4 Å². The number of carbonyl (C=O) groups excluding carboxylic acids is 2. The van der Waals surface area contributed by atoms with Gasteiger partial charge in [-0.05, 0) is 43.5 Å². The Hall–Kier alpha value is -3.61. The monoisotopic (exact) mass is 406 g/mol. The second-order valence-corrected chi connectivity index (χ2v) is 7.15. The zero-order chi connectivity index (χ0) is 21.3. The topological polar surface area (TPSA) is 90.7 Å². The summed E-state index contributed by atoms with van der Waals surface area (Å²) in [5.41, 5.74) is 5.49. The van der Waals surface area contributed by atoms with Crippen molar-refractivity contribution in [1.82, 2.24) is 5.16 Å². The van der Waals surface area contributed by atoms with Crippen LogP contribution in [-0.4, -0.2) is 30.2 Å². The van der Waals surface area contributed by atoms with Gasteiger partial charge >= 0.3 is 5.97 Å². The van der Waals surface area contributed by atoms with E-state index in [1.165, 1.54) is 26.5 Å². The summed E-state index contributed by atoms with van der Waals surface area (Å²) in [5, 5.41) is 7.08. The first-order chi connectivity index (χ1) is 14.5. The van der Waals surface area contributed by atoms with E-state index in [1.807, 2.05) is 18.2 Å². The number of carbonyl (C=O) groups is 2. The molecule has 1 aromatic heterocycles. The zero-order valence-electron chi connectivity index (χ0n) is 17.0. The highest BCUT2D eigenvalue weighted by atomic mass is 16.5. The van der Waals surface area contributed by atoms with Gasteiger partial charge in [0.05, 0.1) is 12.8 Å². The SMILES string of the molecule is COc1ccc(-c2onc3c2CCc2ccccc2-3)cc1NC(=O)[C@H](C)OC(C)=O. The van der Waals surface area contributed by atoms with Crippen LogP contribution in [0.3, 0.4) is 0 Å². The van der Waals surface area contributed by atoms with Crippen molar-refractivity contribution in [2.24, 2.45) is 0 Å². The maximum absolute atomic E-state index is 12.4. The molecular weight excluding hydrogens is 384 g/mol. The number of rotatable bonds is 5. The molecule has 7 heteroatoms. The lowest BCUT2D eigenvalue weighted by molar-refractivity contribution is -0.150. The lowest BCUT2D eigenvalue weighted by Gasteiger charge is -2.16. The van der Waals surface area contributed by atoms with Crippen molar-refractivity contribution in [1.29, 1.82) is 0 Å². The smallest absolute Gasteiger partial charge is 0.303 e. The molecule has 30 heavy (non-hydrogen) atoms. The van der Waals surface area contributed by atoms with Crippen molar-refractivity contribution < 1.29 is 23.6 Å². The molecule has 0 spiro atoms. The van der Waals surface area contributed by atoms with Crippen molar-refractivity contribution in [3.8, 4) is 28.3 Å². The van der Waals surface area contributed by atoms with Gasteiger partial charge in [-0.3, -0.25) is 9.59 Å². The molecule has 1 N–H and O–H groups in total. The first kappa shape index (κ1) is 19.7. The van der Waals surface area contributed by atoms with Crippen LogP contribution in [-0.2, 0) is 27.2 Å². The summed E-state index contributed by atoms with van der Waals surface area (Å²) >= 11 is 0. The van der Waals surface area contributed by atoms with Gasteiger partial charge in [-0.25, -0.2) is 0 Å². The zero-order valence-corrected chi connectivity index (χ0v) is 17.0. The van der Waals surface area contributed by atoms with E-state index in [0.29, 0.717) is 17.2 Å². The molecule has 0 unspecified atom stereocenters.